The number of piperidine rings is 1. The Morgan fingerprint density at radius 2 is 1.91 bits per heavy atom. The van der Waals surface area contributed by atoms with Crippen molar-refractivity contribution < 1.29 is 9.50 Å². The van der Waals surface area contributed by atoms with Gasteiger partial charge in [-0.2, -0.15) is 0 Å². The maximum atomic E-state index is 13.7. The van der Waals surface area contributed by atoms with E-state index in [1.54, 1.807) is 0 Å². The van der Waals surface area contributed by atoms with Crippen LogP contribution in [0.15, 0.2) is 40.1 Å². The molecule has 122 valence electrons. The van der Waals surface area contributed by atoms with Gasteiger partial charge in [-0.3, -0.25) is 14.3 Å². The first kappa shape index (κ1) is 15.5. The standard InChI is InChI=1S/C16H18FN3O3/c17-12-1-2-13(20-8-5-15(22)18-16(20)23)14(9-12)19-6-3-11(10-21)4-7-19/h1-2,5,8-9,11,21H,3-4,6-7,10H2,(H,18,22,23). The Kier molecular flexibility index (Phi) is 4.29. The van der Waals surface area contributed by atoms with Gasteiger partial charge in [-0.1, -0.05) is 0 Å². The predicted molar refractivity (Wildman–Crippen MR) is 84.6 cm³/mol. The number of hydrogen-bond acceptors (Lipinski definition) is 4. The monoisotopic (exact) mass is 319 g/mol. The van der Waals surface area contributed by atoms with E-state index in [9.17, 15) is 19.1 Å². The van der Waals surface area contributed by atoms with Crippen molar-refractivity contribution in [3.63, 3.8) is 0 Å². The minimum Gasteiger partial charge on any atom is -0.396 e. The van der Waals surface area contributed by atoms with Gasteiger partial charge in [-0.25, -0.2) is 9.18 Å². The number of hydrogen-bond donors (Lipinski definition) is 2. The number of halogens is 1. The van der Waals surface area contributed by atoms with Crippen molar-refractivity contribution in [2.24, 2.45) is 5.92 Å². The molecule has 2 N–H and O–H groups in total. The molecule has 0 bridgehead atoms. The van der Waals surface area contributed by atoms with Gasteiger partial charge < -0.3 is 10.0 Å². The minimum atomic E-state index is -0.560. The number of aliphatic hydroxyl groups is 1. The summed E-state index contributed by atoms with van der Waals surface area (Å²) in [5, 5.41) is 9.23. The number of nitrogens with zero attached hydrogens (tertiary/aromatic N) is 2. The molecule has 1 aliphatic rings. The normalized spacial score (nSPS) is 15.8. The van der Waals surface area contributed by atoms with Gasteiger partial charge in [0.15, 0.2) is 0 Å². The molecule has 1 aliphatic heterocycles. The van der Waals surface area contributed by atoms with Gasteiger partial charge in [0, 0.05) is 32.0 Å². The number of H-pyrrole nitrogens is 1. The fourth-order valence-corrected chi connectivity index (χ4v) is 2.92. The molecule has 2 aromatic rings. The molecular weight excluding hydrogens is 301 g/mol. The molecule has 23 heavy (non-hydrogen) atoms. The van der Waals surface area contributed by atoms with E-state index in [4.69, 9.17) is 0 Å². The molecule has 0 unspecified atom stereocenters. The third-order valence-corrected chi connectivity index (χ3v) is 4.23. The summed E-state index contributed by atoms with van der Waals surface area (Å²) in [5.74, 6) is -0.121. The Bertz CT molecular complexity index is 807. The maximum absolute atomic E-state index is 13.7. The smallest absolute Gasteiger partial charge is 0.332 e. The number of benzene rings is 1. The van der Waals surface area contributed by atoms with E-state index in [1.807, 2.05) is 4.90 Å². The highest BCUT2D eigenvalue weighted by atomic mass is 19.1. The first-order valence-corrected chi connectivity index (χ1v) is 7.56. The quantitative estimate of drug-likeness (QED) is 0.880. The molecule has 1 fully saturated rings. The largest absolute Gasteiger partial charge is 0.396 e. The second-order valence-electron chi connectivity index (χ2n) is 5.73. The topological polar surface area (TPSA) is 78.3 Å². The molecule has 6 nitrogen and oxygen atoms in total. The van der Waals surface area contributed by atoms with Crippen LogP contribution in [-0.2, 0) is 0 Å². The van der Waals surface area contributed by atoms with Crippen molar-refractivity contribution in [3.8, 4) is 5.69 Å². The molecule has 3 rings (SSSR count). The Labute approximate surface area is 131 Å². The first-order valence-electron chi connectivity index (χ1n) is 7.56. The fourth-order valence-electron chi connectivity index (χ4n) is 2.92. The maximum Gasteiger partial charge on any atom is 0.332 e. The van der Waals surface area contributed by atoms with Crippen molar-refractivity contribution in [1.29, 1.82) is 0 Å². The summed E-state index contributed by atoms with van der Waals surface area (Å²) in [6, 6.07) is 5.47. The number of anilines is 1. The average Bonchev–Trinajstić information content (AvgIpc) is 2.55. The molecule has 0 atom stereocenters. The lowest BCUT2D eigenvalue weighted by Crippen LogP contribution is -2.36. The summed E-state index contributed by atoms with van der Waals surface area (Å²) >= 11 is 0. The number of aromatic amines is 1. The zero-order valence-electron chi connectivity index (χ0n) is 12.5. The SMILES string of the molecule is O=c1ccn(-c2ccc(F)cc2N2CCC(CO)CC2)c(=O)[nH]1. The average molecular weight is 319 g/mol. The minimum absolute atomic E-state index is 0.156. The molecule has 1 aromatic heterocycles. The second-order valence-corrected chi connectivity index (χ2v) is 5.73. The van der Waals surface area contributed by atoms with E-state index in [0.29, 0.717) is 24.5 Å². The number of aliphatic hydroxyl groups excluding tert-OH is 1. The molecule has 1 aromatic carbocycles. The molecule has 0 amide bonds. The summed E-state index contributed by atoms with van der Waals surface area (Å²) in [6.07, 6.45) is 3.01. The van der Waals surface area contributed by atoms with Crippen LogP contribution in [0.4, 0.5) is 10.1 Å². The lowest BCUT2D eigenvalue weighted by molar-refractivity contribution is 0.203. The van der Waals surface area contributed by atoms with Gasteiger partial charge in [0.05, 0.1) is 11.4 Å². The third-order valence-electron chi connectivity index (χ3n) is 4.23. The van der Waals surface area contributed by atoms with Crippen molar-refractivity contribution in [3.05, 3.63) is 57.1 Å². The summed E-state index contributed by atoms with van der Waals surface area (Å²) in [5.41, 5.74) is 0.0971. The van der Waals surface area contributed by atoms with Gasteiger partial charge in [-0.05, 0) is 37.0 Å². The van der Waals surface area contributed by atoms with E-state index in [-0.39, 0.29) is 18.3 Å². The van der Waals surface area contributed by atoms with Crippen molar-refractivity contribution >= 4 is 5.69 Å². The van der Waals surface area contributed by atoms with Gasteiger partial charge in [0.25, 0.3) is 5.56 Å². The van der Waals surface area contributed by atoms with Gasteiger partial charge in [0.1, 0.15) is 5.82 Å². The number of aromatic nitrogens is 2. The van der Waals surface area contributed by atoms with Crippen LogP contribution in [0.3, 0.4) is 0 Å². The van der Waals surface area contributed by atoms with Crippen molar-refractivity contribution in [2.75, 3.05) is 24.6 Å². The first-order chi connectivity index (χ1) is 11.1. The number of nitrogens with one attached hydrogen (secondary N) is 1. The van der Waals surface area contributed by atoms with Gasteiger partial charge >= 0.3 is 5.69 Å². The summed E-state index contributed by atoms with van der Waals surface area (Å²) in [6.45, 7) is 1.52. The van der Waals surface area contributed by atoms with Crippen LogP contribution in [-0.4, -0.2) is 34.4 Å². The lowest BCUT2D eigenvalue weighted by atomic mass is 9.97. The van der Waals surface area contributed by atoms with E-state index in [1.165, 1.54) is 35.0 Å². The Morgan fingerprint density at radius 3 is 2.57 bits per heavy atom. The zero-order chi connectivity index (χ0) is 16.4. The summed E-state index contributed by atoms with van der Waals surface area (Å²) in [4.78, 5) is 27.4. The van der Waals surface area contributed by atoms with E-state index < -0.39 is 11.2 Å². The van der Waals surface area contributed by atoms with Crippen LogP contribution in [0.1, 0.15) is 12.8 Å². The highest BCUT2D eigenvalue weighted by Gasteiger charge is 2.21. The van der Waals surface area contributed by atoms with Crippen molar-refractivity contribution in [2.45, 2.75) is 12.8 Å². The molecular formula is C16H18FN3O3. The van der Waals surface area contributed by atoms with Crippen LogP contribution in [0.2, 0.25) is 0 Å². The van der Waals surface area contributed by atoms with Crippen LogP contribution in [0.25, 0.3) is 5.69 Å². The van der Waals surface area contributed by atoms with Crippen LogP contribution < -0.4 is 16.1 Å². The molecule has 2 heterocycles. The molecule has 0 spiro atoms. The summed E-state index contributed by atoms with van der Waals surface area (Å²) in [7, 11) is 0. The number of rotatable bonds is 3. The highest BCUT2D eigenvalue weighted by Crippen LogP contribution is 2.28. The second kappa shape index (κ2) is 6.37. The van der Waals surface area contributed by atoms with Crippen LogP contribution >= 0.6 is 0 Å². The molecule has 1 saturated heterocycles. The predicted octanol–water partition coefficient (Wildman–Crippen LogP) is 0.874. The molecule has 0 aliphatic carbocycles. The van der Waals surface area contributed by atoms with E-state index in [0.717, 1.165) is 12.8 Å². The molecule has 7 heteroatoms. The zero-order valence-corrected chi connectivity index (χ0v) is 12.5. The van der Waals surface area contributed by atoms with Crippen LogP contribution in [0.5, 0.6) is 0 Å². The molecule has 0 radical (unpaired) electrons. The third kappa shape index (κ3) is 3.19. The lowest BCUT2D eigenvalue weighted by Gasteiger charge is -2.34. The van der Waals surface area contributed by atoms with Gasteiger partial charge in [-0.15, -0.1) is 0 Å². The highest BCUT2D eigenvalue weighted by molar-refractivity contribution is 5.63. The Balaban J connectivity index is 2.02. The summed E-state index contributed by atoms with van der Waals surface area (Å²) < 4.78 is 15.0. The van der Waals surface area contributed by atoms with Gasteiger partial charge in [0.2, 0.25) is 0 Å². The van der Waals surface area contributed by atoms with E-state index in [2.05, 4.69) is 4.98 Å². The Morgan fingerprint density at radius 1 is 1.17 bits per heavy atom. The van der Waals surface area contributed by atoms with E-state index >= 15 is 0 Å². The van der Waals surface area contributed by atoms with Crippen molar-refractivity contribution in [1.82, 2.24) is 9.55 Å². The molecule has 0 saturated carbocycles. The van der Waals surface area contributed by atoms with Crippen LogP contribution in [0, 0.1) is 11.7 Å². The Hall–Kier alpha value is -2.41. The fraction of sp³-hybridized carbons (Fsp3) is 0.375.